The van der Waals surface area contributed by atoms with Gasteiger partial charge in [-0.15, -0.1) is 0 Å². The molecule has 0 unspecified atom stereocenters. The summed E-state index contributed by atoms with van der Waals surface area (Å²) in [6.07, 6.45) is -0.347. The molecule has 4 N–H and O–H groups in total. The van der Waals surface area contributed by atoms with Crippen LogP contribution in [0.4, 0.5) is 4.79 Å². The molecule has 0 atom stereocenters. The average Bonchev–Trinajstić information content (AvgIpc) is 2.31. The van der Waals surface area contributed by atoms with Crippen molar-refractivity contribution in [2.75, 3.05) is 7.05 Å². The van der Waals surface area contributed by atoms with Crippen LogP contribution in [-0.4, -0.2) is 57.1 Å². The minimum Gasteiger partial charge on any atom is -0.464 e. The van der Waals surface area contributed by atoms with E-state index >= 15 is 0 Å². The molecule has 0 aromatic carbocycles. The fraction of sp³-hybridized carbons (Fsp3) is 0.769. The standard InChI is InChI=1S/C13H24N4O4/c1-12(2)6-8(7-13(3,4)15-12)16(5)9(18)10(19)17(14)11(20)21/h8,15H,6-7,14H2,1-5H3,(H,20,21). The van der Waals surface area contributed by atoms with Gasteiger partial charge in [-0.2, -0.15) is 5.01 Å². The molecule has 1 fully saturated rings. The van der Waals surface area contributed by atoms with Crippen molar-refractivity contribution in [2.45, 2.75) is 57.7 Å². The quantitative estimate of drug-likeness (QED) is 0.274. The molecule has 0 saturated carbocycles. The van der Waals surface area contributed by atoms with Gasteiger partial charge in [-0.25, -0.2) is 10.6 Å². The average molecular weight is 300 g/mol. The number of carboxylic acid groups (broad SMARTS) is 1. The molecule has 8 heteroatoms. The van der Waals surface area contributed by atoms with E-state index in [1.54, 1.807) is 0 Å². The number of nitrogens with two attached hydrogens (primary N) is 1. The van der Waals surface area contributed by atoms with E-state index in [-0.39, 0.29) is 22.1 Å². The number of hydrogen-bond donors (Lipinski definition) is 3. The number of amides is 3. The van der Waals surface area contributed by atoms with E-state index in [0.29, 0.717) is 12.8 Å². The van der Waals surface area contributed by atoms with Gasteiger partial charge in [-0.3, -0.25) is 9.59 Å². The molecular weight excluding hydrogens is 276 g/mol. The number of likely N-dealkylation sites (N-methyl/N-ethyl adjacent to an activating group) is 1. The molecule has 0 spiro atoms. The maximum atomic E-state index is 12.1. The number of carbonyl (C=O) groups excluding carboxylic acids is 2. The predicted octanol–water partition coefficient (Wildman–Crippen LogP) is 0.134. The summed E-state index contributed by atoms with van der Waals surface area (Å²) < 4.78 is 0. The van der Waals surface area contributed by atoms with Gasteiger partial charge in [-0.05, 0) is 40.5 Å². The van der Waals surface area contributed by atoms with Crippen LogP contribution in [0.25, 0.3) is 0 Å². The highest BCUT2D eigenvalue weighted by atomic mass is 16.4. The van der Waals surface area contributed by atoms with Crippen LogP contribution in [0.2, 0.25) is 0 Å². The number of nitrogens with one attached hydrogen (secondary N) is 1. The van der Waals surface area contributed by atoms with E-state index in [1.807, 2.05) is 27.7 Å². The number of piperidine rings is 1. The van der Waals surface area contributed by atoms with Gasteiger partial charge in [0.05, 0.1) is 0 Å². The Hall–Kier alpha value is -1.67. The van der Waals surface area contributed by atoms with Crippen molar-refractivity contribution in [2.24, 2.45) is 5.84 Å². The molecule has 1 heterocycles. The van der Waals surface area contributed by atoms with Crippen LogP contribution >= 0.6 is 0 Å². The number of rotatable bonds is 1. The molecule has 0 aromatic rings. The lowest BCUT2D eigenvalue weighted by Crippen LogP contribution is -2.63. The zero-order valence-electron chi connectivity index (χ0n) is 13.1. The first-order valence-corrected chi connectivity index (χ1v) is 6.74. The Balaban J connectivity index is 2.87. The van der Waals surface area contributed by atoms with Crippen LogP contribution in [0.5, 0.6) is 0 Å². The van der Waals surface area contributed by atoms with Crippen LogP contribution in [0.15, 0.2) is 0 Å². The lowest BCUT2D eigenvalue weighted by Gasteiger charge is -2.48. The molecule has 21 heavy (non-hydrogen) atoms. The molecule has 0 aromatic heterocycles. The van der Waals surface area contributed by atoms with Crippen LogP contribution in [0.3, 0.4) is 0 Å². The molecule has 0 bridgehead atoms. The molecule has 1 aliphatic rings. The predicted molar refractivity (Wildman–Crippen MR) is 76.1 cm³/mol. The largest absolute Gasteiger partial charge is 0.464 e. The van der Waals surface area contributed by atoms with Crippen molar-refractivity contribution >= 4 is 17.9 Å². The fourth-order valence-corrected chi connectivity index (χ4v) is 3.05. The Labute approximate surface area is 124 Å². The molecule has 120 valence electrons. The van der Waals surface area contributed by atoms with Gasteiger partial charge >= 0.3 is 17.9 Å². The van der Waals surface area contributed by atoms with Gasteiger partial charge in [0.1, 0.15) is 0 Å². The van der Waals surface area contributed by atoms with E-state index < -0.39 is 17.9 Å². The zero-order chi connectivity index (χ0) is 16.6. The van der Waals surface area contributed by atoms with E-state index in [2.05, 4.69) is 5.32 Å². The molecule has 1 saturated heterocycles. The summed E-state index contributed by atoms with van der Waals surface area (Å²) in [5, 5.41) is 12.0. The molecule has 0 radical (unpaired) electrons. The van der Waals surface area contributed by atoms with Gasteiger partial charge in [-0.1, -0.05) is 0 Å². The Bertz CT molecular complexity index is 445. The van der Waals surface area contributed by atoms with Crippen molar-refractivity contribution in [3.63, 3.8) is 0 Å². The SMILES string of the molecule is CN(C(=O)C(=O)N(N)C(=O)O)C1CC(C)(C)NC(C)(C)C1. The Morgan fingerprint density at radius 1 is 1.10 bits per heavy atom. The first kappa shape index (κ1) is 17.4. The second-order valence-electron chi connectivity index (χ2n) is 6.83. The molecule has 8 nitrogen and oxygen atoms in total. The fourth-order valence-electron chi connectivity index (χ4n) is 3.05. The van der Waals surface area contributed by atoms with Crippen LogP contribution in [0, 0.1) is 0 Å². The lowest BCUT2D eigenvalue weighted by atomic mass is 9.79. The van der Waals surface area contributed by atoms with Crippen molar-refractivity contribution in [1.82, 2.24) is 15.2 Å². The number of hydrogen-bond acceptors (Lipinski definition) is 5. The van der Waals surface area contributed by atoms with Gasteiger partial charge in [0.25, 0.3) is 0 Å². The lowest BCUT2D eigenvalue weighted by molar-refractivity contribution is -0.152. The van der Waals surface area contributed by atoms with Crippen molar-refractivity contribution in [3.8, 4) is 0 Å². The first-order chi connectivity index (χ1) is 9.36. The number of nitrogens with zero attached hydrogens (tertiary/aromatic N) is 2. The van der Waals surface area contributed by atoms with Crippen LogP contribution in [-0.2, 0) is 9.59 Å². The summed E-state index contributed by atoms with van der Waals surface area (Å²) >= 11 is 0. The van der Waals surface area contributed by atoms with Gasteiger partial charge in [0.2, 0.25) is 0 Å². The zero-order valence-corrected chi connectivity index (χ0v) is 13.1. The topological polar surface area (TPSA) is 116 Å². The first-order valence-electron chi connectivity index (χ1n) is 6.74. The third kappa shape index (κ3) is 4.15. The second kappa shape index (κ2) is 5.61. The summed E-state index contributed by atoms with van der Waals surface area (Å²) in [4.78, 5) is 35.7. The summed E-state index contributed by atoms with van der Waals surface area (Å²) in [5.74, 6) is 2.89. The maximum absolute atomic E-state index is 12.1. The molecule has 1 aliphatic heterocycles. The molecule has 3 amide bonds. The smallest absolute Gasteiger partial charge is 0.429 e. The van der Waals surface area contributed by atoms with Crippen LogP contribution < -0.4 is 11.2 Å². The van der Waals surface area contributed by atoms with Gasteiger partial charge in [0, 0.05) is 24.2 Å². The van der Waals surface area contributed by atoms with Crippen molar-refractivity contribution < 1.29 is 19.5 Å². The summed E-state index contributed by atoms with van der Waals surface area (Å²) in [7, 11) is 1.50. The third-order valence-electron chi connectivity index (χ3n) is 3.64. The molecule has 1 rings (SSSR count). The van der Waals surface area contributed by atoms with E-state index in [9.17, 15) is 14.4 Å². The molecule has 0 aliphatic carbocycles. The second-order valence-corrected chi connectivity index (χ2v) is 6.83. The highest BCUT2D eigenvalue weighted by Gasteiger charge is 2.41. The van der Waals surface area contributed by atoms with Crippen molar-refractivity contribution in [3.05, 3.63) is 0 Å². The van der Waals surface area contributed by atoms with E-state index in [0.717, 1.165) is 0 Å². The Morgan fingerprint density at radius 3 is 1.90 bits per heavy atom. The highest BCUT2D eigenvalue weighted by molar-refractivity contribution is 6.36. The number of imide groups is 1. The Kier molecular flexibility index (Phi) is 4.64. The number of hydrazine groups is 1. The molecular formula is C13H24N4O4. The van der Waals surface area contributed by atoms with Gasteiger partial charge in [0.15, 0.2) is 0 Å². The van der Waals surface area contributed by atoms with Gasteiger partial charge < -0.3 is 15.3 Å². The Morgan fingerprint density at radius 2 is 1.52 bits per heavy atom. The minimum atomic E-state index is -1.66. The normalized spacial score (nSPS) is 20.7. The highest BCUT2D eigenvalue weighted by Crippen LogP contribution is 2.31. The summed E-state index contributed by atoms with van der Waals surface area (Å²) in [5.41, 5.74) is -0.390. The monoisotopic (exact) mass is 300 g/mol. The maximum Gasteiger partial charge on any atom is 0.429 e. The summed E-state index contributed by atoms with van der Waals surface area (Å²) in [6.45, 7) is 8.09. The third-order valence-corrected chi connectivity index (χ3v) is 3.64. The number of carbonyl (C=O) groups is 3. The summed E-state index contributed by atoms with van der Waals surface area (Å²) in [6, 6.07) is -0.171. The van der Waals surface area contributed by atoms with E-state index in [1.165, 1.54) is 11.9 Å². The van der Waals surface area contributed by atoms with Crippen LogP contribution in [0.1, 0.15) is 40.5 Å². The van der Waals surface area contributed by atoms with Crippen molar-refractivity contribution in [1.29, 1.82) is 0 Å². The minimum absolute atomic E-state index is 0.0871. The van der Waals surface area contributed by atoms with E-state index in [4.69, 9.17) is 10.9 Å².